The maximum atomic E-state index is 11.8. The molecule has 1 aliphatic carbocycles. The molecule has 0 saturated carbocycles. The van der Waals surface area contributed by atoms with Gasteiger partial charge in [0.05, 0.1) is 13.2 Å². The number of hydrogen-bond acceptors (Lipinski definition) is 5. The van der Waals surface area contributed by atoms with Gasteiger partial charge in [0, 0.05) is 18.4 Å². The van der Waals surface area contributed by atoms with Gasteiger partial charge in [-0.2, -0.15) is 0 Å². The van der Waals surface area contributed by atoms with Crippen molar-refractivity contribution in [3.8, 4) is 17.2 Å². The number of carbonyl (C=O) groups excluding carboxylic acids is 1. The van der Waals surface area contributed by atoms with E-state index in [1.807, 2.05) is 26.1 Å². The first-order valence-electron chi connectivity index (χ1n) is 9.77. The topological polar surface area (TPSA) is 61.1 Å². The van der Waals surface area contributed by atoms with Crippen LogP contribution in [0.1, 0.15) is 40.8 Å². The number of benzene rings is 2. The van der Waals surface area contributed by atoms with Gasteiger partial charge >= 0.3 is 0 Å². The van der Waals surface area contributed by atoms with Crippen LogP contribution in [0.15, 0.2) is 34.7 Å². The lowest BCUT2D eigenvalue weighted by Crippen LogP contribution is -2.32. The second-order valence-corrected chi connectivity index (χ2v) is 7.72. The normalized spacial score (nSPS) is 19.8. The van der Waals surface area contributed by atoms with Crippen LogP contribution in [0.4, 0.5) is 0 Å². The molecule has 6 heteroatoms. The first kappa shape index (κ1) is 17.9. The highest BCUT2D eigenvalue weighted by Crippen LogP contribution is 2.49. The van der Waals surface area contributed by atoms with E-state index in [9.17, 15) is 4.79 Å². The number of likely N-dealkylation sites (N-methyl/N-ethyl adjacent to an activating group) is 1. The predicted octanol–water partition coefficient (Wildman–Crippen LogP) is 4.34. The Kier molecular flexibility index (Phi) is 4.15. The zero-order valence-corrected chi connectivity index (χ0v) is 16.7. The standard InChI is InChI=1S/C23H23NO5/c1-13-8-18-15(6-7-19(26-3)23(18)29-13)16-5-4-14-9-20-21(28-12-27-20)10-17(14)22(16)24(2)11-25/h6-11,16,22H,4-5,12H2,1-3H3/t16-,22+/m1/s1. The quantitative estimate of drug-likeness (QED) is 0.617. The van der Waals surface area contributed by atoms with Crippen molar-refractivity contribution in [3.63, 3.8) is 0 Å². The fourth-order valence-electron chi connectivity index (χ4n) is 4.80. The molecule has 0 unspecified atom stereocenters. The summed E-state index contributed by atoms with van der Waals surface area (Å²) in [6.07, 6.45) is 2.73. The third kappa shape index (κ3) is 2.74. The first-order chi connectivity index (χ1) is 14.1. The molecule has 1 aliphatic heterocycles. The van der Waals surface area contributed by atoms with Crippen LogP contribution < -0.4 is 14.2 Å². The van der Waals surface area contributed by atoms with Crippen LogP contribution in [0.2, 0.25) is 0 Å². The minimum absolute atomic E-state index is 0.0995. The highest BCUT2D eigenvalue weighted by atomic mass is 16.7. The van der Waals surface area contributed by atoms with Crippen molar-refractivity contribution in [3.05, 3.63) is 52.8 Å². The van der Waals surface area contributed by atoms with Gasteiger partial charge in [0.2, 0.25) is 13.2 Å². The Balaban J connectivity index is 1.67. The van der Waals surface area contributed by atoms with Crippen molar-refractivity contribution >= 4 is 17.4 Å². The molecule has 29 heavy (non-hydrogen) atoms. The fraction of sp³-hybridized carbons (Fsp3) is 0.348. The van der Waals surface area contributed by atoms with Gasteiger partial charge in [-0.15, -0.1) is 0 Å². The summed E-state index contributed by atoms with van der Waals surface area (Å²) in [4.78, 5) is 13.6. The molecule has 0 bridgehead atoms. The Hall–Kier alpha value is -3.15. The minimum Gasteiger partial charge on any atom is -0.493 e. The number of hydrogen-bond donors (Lipinski definition) is 0. The summed E-state index contributed by atoms with van der Waals surface area (Å²) in [5.41, 5.74) is 4.24. The SMILES string of the molecule is COc1ccc([C@H]2CCc3cc4c(cc3[C@H]2N(C)C=O)OCO4)c2cc(C)oc12. The molecule has 150 valence electrons. The van der Waals surface area contributed by atoms with Crippen LogP contribution in [-0.2, 0) is 11.2 Å². The van der Waals surface area contributed by atoms with E-state index >= 15 is 0 Å². The van der Waals surface area contributed by atoms with Crippen LogP contribution in [0.3, 0.4) is 0 Å². The van der Waals surface area contributed by atoms with Crippen molar-refractivity contribution in [1.82, 2.24) is 4.90 Å². The van der Waals surface area contributed by atoms with Gasteiger partial charge in [-0.1, -0.05) is 6.07 Å². The summed E-state index contributed by atoms with van der Waals surface area (Å²) in [6.45, 7) is 2.18. The van der Waals surface area contributed by atoms with E-state index in [0.29, 0.717) is 0 Å². The second kappa shape index (κ2) is 6.72. The lowest BCUT2D eigenvalue weighted by molar-refractivity contribution is -0.119. The van der Waals surface area contributed by atoms with Gasteiger partial charge in [-0.3, -0.25) is 4.79 Å². The number of furan rings is 1. The number of amides is 1. The fourth-order valence-corrected chi connectivity index (χ4v) is 4.80. The number of ether oxygens (including phenoxy) is 3. The van der Waals surface area contributed by atoms with E-state index < -0.39 is 0 Å². The van der Waals surface area contributed by atoms with Crippen LogP contribution >= 0.6 is 0 Å². The lowest BCUT2D eigenvalue weighted by Gasteiger charge is -2.38. The number of methoxy groups -OCH3 is 1. The second-order valence-electron chi connectivity index (χ2n) is 7.72. The molecular weight excluding hydrogens is 370 g/mol. The maximum absolute atomic E-state index is 11.8. The lowest BCUT2D eigenvalue weighted by atomic mass is 9.74. The Morgan fingerprint density at radius 1 is 1.14 bits per heavy atom. The third-order valence-corrected chi connectivity index (χ3v) is 6.09. The molecule has 1 aromatic heterocycles. The van der Waals surface area contributed by atoms with Crippen molar-refractivity contribution in [1.29, 1.82) is 0 Å². The molecule has 0 radical (unpaired) electrons. The van der Waals surface area contributed by atoms with Crippen LogP contribution in [0.25, 0.3) is 11.0 Å². The van der Waals surface area contributed by atoms with E-state index in [-0.39, 0.29) is 18.8 Å². The van der Waals surface area contributed by atoms with Gasteiger partial charge in [0.15, 0.2) is 22.8 Å². The molecule has 1 amide bonds. The number of aryl methyl sites for hydroxylation is 2. The summed E-state index contributed by atoms with van der Waals surface area (Å²) < 4.78 is 22.6. The smallest absolute Gasteiger partial charge is 0.231 e. The van der Waals surface area contributed by atoms with Crippen LogP contribution in [0.5, 0.6) is 17.2 Å². The monoisotopic (exact) mass is 393 g/mol. The van der Waals surface area contributed by atoms with Gasteiger partial charge in [0.1, 0.15) is 5.76 Å². The Morgan fingerprint density at radius 3 is 2.69 bits per heavy atom. The van der Waals surface area contributed by atoms with E-state index in [0.717, 1.165) is 58.8 Å². The largest absolute Gasteiger partial charge is 0.493 e. The number of fused-ring (bicyclic) bond motifs is 3. The Labute approximate surface area is 168 Å². The summed E-state index contributed by atoms with van der Waals surface area (Å²) >= 11 is 0. The summed E-state index contributed by atoms with van der Waals surface area (Å²) in [6, 6.07) is 10.1. The van der Waals surface area contributed by atoms with Crippen molar-refractivity contribution in [2.75, 3.05) is 21.0 Å². The average Bonchev–Trinajstić information content (AvgIpc) is 3.35. The third-order valence-electron chi connectivity index (χ3n) is 6.09. The number of nitrogens with zero attached hydrogens (tertiary/aromatic N) is 1. The molecule has 2 aromatic carbocycles. The molecule has 0 fully saturated rings. The minimum atomic E-state index is -0.0995. The molecule has 6 nitrogen and oxygen atoms in total. The van der Waals surface area contributed by atoms with E-state index in [1.54, 1.807) is 12.0 Å². The number of carbonyl (C=O) groups is 1. The van der Waals surface area contributed by atoms with Gasteiger partial charge < -0.3 is 23.5 Å². The molecule has 0 saturated heterocycles. The van der Waals surface area contributed by atoms with E-state index in [2.05, 4.69) is 18.2 Å². The molecule has 0 N–H and O–H groups in total. The zero-order chi connectivity index (χ0) is 20.1. The van der Waals surface area contributed by atoms with Crippen molar-refractivity contribution < 1.29 is 23.4 Å². The predicted molar refractivity (Wildman–Crippen MR) is 108 cm³/mol. The molecule has 2 atom stereocenters. The Bertz CT molecular complexity index is 1100. The van der Waals surface area contributed by atoms with Crippen LogP contribution in [-0.4, -0.2) is 32.3 Å². The van der Waals surface area contributed by atoms with Crippen molar-refractivity contribution in [2.45, 2.75) is 31.7 Å². The summed E-state index contributed by atoms with van der Waals surface area (Å²) in [5, 5.41) is 1.04. The van der Waals surface area contributed by atoms with E-state index in [1.165, 1.54) is 11.1 Å². The molecule has 2 aliphatic rings. The molecule has 2 heterocycles. The zero-order valence-electron chi connectivity index (χ0n) is 16.7. The molecule has 0 spiro atoms. The highest BCUT2D eigenvalue weighted by Gasteiger charge is 2.36. The highest BCUT2D eigenvalue weighted by molar-refractivity contribution is 5.87. The number of rotatable bonds is 4. The maximum Gasteiger partial charge on any atom is 0.231 e. The molecular formula is C23H23NO5. The van der Waals surface area contributed by atoms with Gasteiger partial charge in [-0.25, -0.2) is 0 Å². The van der Waals surface area contributed by atoms with Gasteiger partial charge in [0.25, 0.3) is 0 Å². The van der Waals surface area contributed by atoms with Gasteiger partial charge in [-0.05, 0) is 60.7 Å². The summed E-state index contributed by atoms with van der Waals surface area (Å²) in [5.74, 6) is 3.21. The average molecular weight is 393 g/mol. The van der Waals surface area contributed by atoms with E-state index in [4.69, 9.17) is 18.6 Å². The first-order valence-corrected chi connectivity index (χ1v) is 9.77. The summed E-state index contributed by atoms with van der Waals surface area (Å²) in [7, 11) is 3.49. The van der Waals surface area contributed by atoms with Crippen molar-refractivity contribution in [2.24, 2.45) is 0 Å². The molecule has 3 aromatic rings. The Morgan fingerprint density at radius 2 is 1.93 bits per heavy atom. The van der Waals surface area contributed by atoms with Crippen LogP contribution in [0, 0.1) is 6.92 Å². The molecule has 5 rings (SSSR count).